The van der Waals surface area contributed by atoms with E-state index in [0.717, 1.165) is 24.3 Å². The fourth-order valence-electron chi connectivity index (χ4n) is 3.05. The molecule has 26 heavy (non-hydrogen) atoms. The third-order valence-electron chi connectivity index (χ3n) is 4.55. The summed E-state index contributed by atoms with van der Waals surface area (Å²) < 4.78 is 40.5. The van der Waals surface area contributed by atoms with Crippen molar-refractivity contribution >= 4 is 11.9 Å². The Kier molecular flexibility index (Phi) is 4.97. The van der Waals surface area contributed by atoms with E-state index in [0.29, 0.717) is 12.0 Å². The molecule has 0 radical (unpaired) electrons. The molecule has 2 aromatic carbocycles. The maximum atomic E-state index is 13.8. The molecule has 2 N–H and O–H groups in total. The summed E-state index contributed by atoms with van der Waals surface area (Å²) in [6.07, 6.45) is 0.304. The molecule has 0 aliphatic heterocycles. The van der Waals surface area contributed by atoms with E-state index in [1.165, 1.54) is 18.2 Å². The second kappa shape index (κ2) is 7.19. The first-order valence-corrected chi connectivity index (χ1v) is 8.08. The lowest BCUT2D eigenvalue weighted by Gasteiger charge is -2.14. The van der Waals surface area contributed by atoms with Crippen molar-refractivity contribution in [2.45, 2.75) is 18.3 Å². The van der Waals surface area contributed by atoms with E-state index in [1.807, 2.05) is 0 Å². The van der Waals surface area contributed by atoms with E-state index in [9.17, 15) is 27.9 Å². The molecule has 2 aromatic rings. The lowest BCUT2D eigenvalue weighted by Crippen LogP contribution is -2.33. The first-order valence-electron chi connectivity index (χ1n) is 8.08. The van der Waals surface area contributed by atoms with Gasteiger partial charge in [0.2, 0.25) is 5.91 Å². The van der Waals surface area contributed by atoms with Crippen LogP contribution in [0.2, 0.25) is 0 Å². The average Bonchev–Trinajstić information content (AvgIpc) is 3.36. The van der Waals surface area contributed by atoms with Crippen LogP contribution < -0.4 is 5.32 Å². The molecule has 1 aliphatic carbocycles. The molecule has 1 aliphatic rings. The predicted molar refractivity (Wildman–Crippen MR) is 87.0 cm³/mol. The molecule has 7 heteroatoms. The summed E-state index contributed by atoms with van der Waals surface area (Å²) in [5.41, 5.74) is 0.243. The highest BCUT2D eigenvalue weighted by molar-refractivity contribution is 5.84. The number of carboxylic acid groups (broad SMARTS) is 1. The van der Waals surface area contributed by atoms with Crippen LogP contribution in [0.4, 0.5) is 13.2 Å². The van der Waals surface area contributed by atoms with Gasteiger partial charge < -0.3 is 10.4 Å². The van der Waals surface area contributed by atoms with Crippen LogP contribution in [0.15, 0.2) is 42.5 Å². The van der Waals surface area contributed by atoms with Gasteiger partial charge in [0.1, 0.15) is 17.5 Å². The molecule has 0 heterocycles. The maximum absolute atomic E-state index is 13.8. The molecule has 0 spiro atoms. The van der Waals surface area contributed by atoms with Crippen molar-refractivity contribution in [1.82, 2.24) is 5.32 Å². The number of amides is 1. The quantitative estimate of drug-likeness (QED) is 0.828. The summed E-state index contributed by atoms with van der Waals surface area (Å²) in [5, 5.41) is 11.8. The van der Waals surface area contributed by atoms with Gasteiger partial charge in [-0.05, 0) is 36.2 Å². The fourth-order valence-corrected chi connectivity index (χ4v) is 3.05. The van der Waals surface area contributed by atoms with E-state index >= 15 is 0 Å². The lowest BCUT2D eigenvalue weighted by atomic mass is 9.99. The number of carbonyl (C=O) groups is 2. The van der Waals surface area contributed by atoms with Crippen LogP contribution in [0.25, 0.3) is 0 Å². The second-order valence-electron chi connectivity index (χ2n) is 6.27. The van der Waals surface area contributed by atoms with E-state index in [4.69, 9.17) is 0 Å². The zero-order valence-electron chi connectivity index (χ0n) is 13.6. The minimum atomic E-state index is -1.16. The van der Waals surface area contributed by atoms with Gasteiger partial charge in [0.25, 0.3) is 0 Å². The standard InChI is InChI=1S/C19H16F3NO3/c20-11-6-4-10(5-7-11)14(19(25)26)9-23-18(24)13-8-12(13)17-15(21)2-1-3-16(17)22/h1-7,12-14H,8-9H2,(H,23,24)(H,25,26). The topological polar surface area (TPSA) is 66.4 Å². The zero-order valence-corrected chi connectivity index (χ0v) is 13.6. The van der Waals surface area contributed by atoms with Crippen LogP contribution in [-0.2, 0) is 9.59 Å². The number of hydrogen-bond acceptors (Lipinski definition) is 2. The second-order valence-corrected chi connectivity index (χ2v) is 6.27. The highest BCUT2D eigenvalue weighted by Crippen LogP contribution is 2.49. The maximum Gasteiger partial charge on any atom is 0.312 e. The van der Waals surface area contributed by atoms with Gasteiger partial charge >= 0.3 is 5.97 Å². The molecule has 0 aromatic heterocycles. The number of halogens is 3. The van der Waals surface area contributed by atoms with Crippen molar-refractivity contribution < 1.29 is 27.9 Å². The van der Waals surface area contributed by atoms with Crippen molar-refractivity contribution in [3.05, 3.63) is 71.0 Å². The fraction of sp³-hybridized carbons (Fsp3) is 0.263. The Morgan fingerprint density at radius 3 is 2.27 bits per heavy atom. The van der Waals surface area contributed by atoms with Gasteiger partial charge in [-0.2, -0.15) is 0 Å². The Labute approximate surface area is 147 Å². The molecule has 0 saturated heterocycles. The Balaban J connectivity index is 1.63. The molecular weight excluding hydrogens is 347 g/mol. The molecule has 1 saturated carbocycles. The van der Waals surface area contributed by atoms with Crippen LogP contribution in [0.3, 0.4) is 0 Å². The summed E-state index contributed by atoms with van der Waals surface area (Å²) >= 11 is 0. The first kappa shape index (κ1) is 18.0. The van der Waals surface area contributed by atoms with Gasteiger partial charge in [0.05, 0.1) is 5.92 Å². The molecule has 3 rings (SSSR count). The normalized spacial score (nSPS) is 19.7. The van der Waals surface area contributed by atoms with Gasteiger partial charge in [0, 0.05) is 23.9 Å². The molecule has 3 unspecified atom stereocenters. The van der Waals surface area contributed by atoms with Crippen LogP contribution in [0, 0.1) is 23.4 Å². The first-order chi connectivity index (χ1) is 12.4. The Morgan fingerprint density at radius 1 is 1.08 bits per heavy atom. The minimum absolute atomic E-state index is 0.110. The van der Waals surface area contributed by atoms with Gasteiger partial charge in [0.15, 0.2) is 0 Å². The highest BCUT2D eigenvalue weighted by Gasteiger charge is 2.46. The molecular formula is C19H16F3NO3. The molecule has 3 atom stereocenters. The Hall–Kier alpha value is -2.83. The van der Waals surface area contributed by atoms with Gasteiger partial charge in [-0.3, -0.25) is 9.59 Å². The number of carbonyl (C=O) groups excluding carboxylic acids is 1. The lowest BCUT2D eigenvalue weighted by molar-refractivity contribution is -0.138. The molecule has 0 bridgehead atoms. The third kappa shape index (κ3) is 3.71. The van der Waals surface area contributed by atoms with Crippen LogP contribution in [0.5, 0.6) is 0 Å². The number of aliphatic carboxylic acids is 1. The summed E-state index contributed by atoms with van der Waals surface area (Å²) in [4.78, 5) is 23.6. The van der Waals surface area contributed by atoms with E-state index in [2.05, 4.69) is 5.32 Å². The molecule has 4 nitrogen and oxygen atoms in total. The average molecular weight is 363 g/mol. The Bertz CT molecular complexity index is 818. The number of carboxylic acids is 1. The summed E-state index contributed by atoms with van der Waals surface area (Å²) in [6.45, 7) is -0.192. The van der Waals surface area contributed by atoms with Crippen molar-refractivity contribution in [2.75, 3.05) is 6.54 Å². The molecule has 136 valence electrons. The molecule has 1 amide bonds. The van der Waals surface area contributed by atoms with E-state index in [-0.39, 0.29) is 12.1 Å². The van der Waals surface area contributed by atoms with Gasteiger partial charge in [-0.15, -0.1) is 0 Å². The van der Waals surface area contributed by atoms with E-state index < -0.39 is 47.1 Å². The zero-order chi connectivity index (χ0) is 18.8. The van der Waals surface area contributed by atoms with Gasteiger partial charge in [-0.25, -0.2) is 13.2 Å². The molecule has 1 fully saturated rings. The number of nitrogens with one attached hydrogen (secondary N) is 1. The van der Waals surface area contributed by atoms with Crippen molar-refractivity contribution in [3.63, 3.8) is 0 Å². The van der Waals surface area contributed by atoms with Crippen molar-refractivity contribution in [1.29, 1.82) is 0 Å². The van der Waals surface area contributed by atoms with Gasteiger partial charge in [-0.1, -0.05) is 18.2 Å². The third-order valence-corrected chi connectivity index (χ3v) is 4.55. The highest BCUT2D eigenvalue weighted by atomic mass is 19.1. The summed E-state index contributed by atoms with van der Waals surface area (Å²) in [7, 11) is 0. The van der Waals surface area contributed by atoms with Crippen molar-refractivity contribution in [3.8, 4) is 0 Å². The monoisotopic (exact) mass is 363 g/mol. The summed E-state index contributed by atoms with van der Waals surface area (Å²) in [5.74, 6) is -5.68. The largest absolute Gasteiger partial charge is 0.481 e. The number of hydrogen-bond donors (Lipinski definition) is 2. The Morgan fingerprint density at radius 2 is 1.69 bits per heavy atom. The van der Waals surface area contributed by atoms with Crippen LogP contribution in [0.1, 0.15) is 29.4 Å². The number of rotatable bonds is 6. The smallest absolute Gasteiger partial charge is 0.312 e. The van der Waals surface area contributed by atoms with Crippen LogP contribution >= 0.6 is 0 Å². The van der Waals surface area contributed by atoms with E-state index in [1.54, 1.807) is 0 Å². The van der Waals surface area contributed by atoms with Crippen molar-refractivity contribution in [2.24, 2.45) is 5.92 Å². The predicted octanol–water partition coefficient (Wildman–Crippen LogP) is 3.19. The SMILES string of the molecule is O=C(O)C(CNC(=O)C1CC1c1c(F)cccc1F)c1ccc(F)cc1. The minimum Gasteiger partial charge on any atom is -0.481 e. The summed E-state index contributed by atoms with van der Waals surface area (Å²) in [6, 6.07) is 8.51. The van der Waals surface area contributed by atoms with Crippen LogP contribution in [-0.4, -0.2) is 23.5 Å². The number of benzene rings is 2.